The van der Waals surface area contributed by atoms with Gasteiger partial charge in [0.05, 0.1) is 11.5 Å². The van der Waals surface area contributed by atoms with E-state index in [-0.39, 0.29) is 12.1 Å². The van der Waals surface area contributed by atoms with Gasteiger partial charge < -0.3 is 5.73 Å². The SMILES string of the molecule is CCN(CCC(N)=S)CC(F)(F)c1ccccc1. The zero-order chi connectivity index (χ0) is 13.6. The molecule has 2 N–H and O–H groups in total. The molecule has 0 aliphatic carbocycles. The van der Waals surface area contributed by atoms with Crippen molar-refractivity contribution in [1.29, 1.82) is 0 Å². The van der Waals surface area contributed by atoms with Gasteiger partial charge in [0.25, 0.3) is 5.92 Å². The number of hydrogen-bond acceptors (Lipinski definition) is 2. The summed E-state index contributed by atoms with van der Waals surface area (Å²) in [6.07, 6.45) is 0.466. The van der Waals surface area contributed by atoms with Crippen LogP contribution in [-0.4, -0.2) is 29.5 Å². The van der Waals surface area contributed by atoms with Crippen LogP contribution >= 0.6 is 12.2 Å². The van der Waals surface area contributed by atoms with Gasteiger partial charge in [0.2, 0.25) is 0 Å². The van der Waals surface area contributed by atoms with E-state index in [1.807, 2.05) is 6.92 Å². The second-order valence-corrected chi connectivity index (χ2v) is 4.68. The van der Waals surface area contributed by atoms with E-state index in [4.69, 9.17) is 18.0 Å². The molecule has 1 aromatic carbocycles. The molecule has 0 aromatic heterocycles. The maximum absolute atomic E-state index is 14.0. The van der Waals surface area contributed by atoms with Gasteiger partial charge in [-0.2, -0.15) is 8.78 Å². The Kier molecular flexibility index (Phi) is 5.62. The van der Waals surface area contributed by atoms with E-state index in [1.165, 1.54) is 12.1 Å². The van der Waals surface area contributed by atoms with Crippen LogP contribution in [-0.2, 0) is 5.92 Å². The lowest BCUT2D eigenvalue weighted by Crippen LogP contribution is -2.37. The van der Waals surface area contributed by atoms with Crippen LogP contribution in [0.15, 0.2) is 30.3 Å². The van der Waals surface area contributed by atoms with Gasteiger partial charge in [0.1, 0.15) is 0 Å². The quantitative estimate of drug-likeness (QED) is 0.774. The van der Waals surface area contributed by atoms with Crippen LogP contribution in [0.1, 0.15) is 18.9 Å². The van der Waals surface area contributed by atoms with E-state index in [0.717, 1.165) is 0 Å². The van der Waals surface area contributed by atoms with Crippen LogP contribution in [0.2, 0.25) is 0 Å². The second-order valence-electron chi connectivity index (χ2n) is 4.16. The summed E-state index contributed by atoms with van der Waals surface area (Å²) in [6, 6.07) is 7.86. The van der Waals surface area contributed by atoms with Crippen LogP contribution in [0, 0.1) is 0 Å². The van der Waals surface area contributed by atoms with Gasteiger partial charge >= 0.3 is 0 Å². The highest BCUT2D eigenvalue weighted by Crippen LogP contribution is 2.28. The van der Waals surface area contributed by atoms with E-state index in [1.54, 1.807) is 23.1 Å². The predicted octanol–water partition coefficient (Wildman–Crippen LogP) is 2.78. The van der Waals surface area contributed by atoms with E-state index < -0.39 is 5.92 Å². The molecule has 1 rings (SSSR count). The maximum Gasteiger partial charge on any atom is 0.285 e. The number of thiocarbonyl (C=S) groups is 1. The van der Waals surface area contributed by atoms with Crippen molar-refractivity contribution in [3.8, 4) is 0 Å². The van der Waals surface area contributed by atoms with Crippen LogP contribution in [0.5, 0.6) is 0 Å². The van der Waals surface area contributed by atoms with Crippen molar-refractivity contribution in [2.24, 2.45) is 5.73 Å². The van der Waals surface area contributed by atoms with E-state index in [9.17, 15) is 8.78 Å². The third kappa shape index (κ3) is 4.66. The van der Waals surface area contributed by atoms with Crippen LogP contribution in [0.4, 0.5) is 8.78 Å². The summed E-state index contributed by atoms with van der Waals surface area (Å²) < 4.78 is 28.0. The number of nitrogens with zero attached hydrogens (tertiary/aromatic N) is 1. The largest absolute Gasteiger partial charge is 0.393 e. The number of alkyl halides is 2. The highest BCUT2D eigenvalue weighted by atomic mass is 32.1. The fraction of sp³-hybridized carbons (Fsp3) is 0.462. The lowest BCUT2D eigenvalue weighted by atomic mass is 10.1. The monoisotopic (exact) mass is 272 g/mol. The Morgan fingerprint density at radius 3 is 2.44 bits per heavy atom. The summed E-state index contributed by atoms with van der Waals surface area (Å²) >= 11 is 4.76. The molecule has 0 radical (unpaired) electrons. The molecule has 0 spiro atoms. The average Bonchev–Trinajstić information content (AvgIpc) is 2.35. The average molecular weight is 272 g/mol. The first-order valence-electron chi connectivity index (χ1n) is 5.89. The molecule has 18 heavy (non-hydrogen) atoms. The molecular weight excluding hydrogens is 254 g/mol. The molecule has 0 bridgehead atoms. The molecule has 5 heteroatoms. The first kappa shape index (κ1) is 15.0. The molecular formula is C13H18F2N2S. The van der Waals surface area contributed by atoms with Crippen molar-refractivity contribution in [3.63, 3.8) is 0 Å². The van der Waals surface area contributed by atoms with Crippen molar-refractivity contribution in [2.45, 2.75) is 19.3 Å². The highest BCUT2D eigenvalue weighted by molar-refractivity contribution is 7.80. The fourth-order valence-corrected chi connectivity index (χ4v) is 1.76. The number of benzene rings is 1. The van der Waals surface area contributed by atoms with E-state index in [2.05, 4.69) is 0 Å². The summed E-state index contributed by atoms with van der Waals surface area (Å²) in [5.41, 5.74) is 5.43. The molecule has 1 aromatic rings. The Hall–Kier alpha value is -1.07. The van der Waals surface area contributed by atoms with Gasteiger partial charge in [-0.05, 0) is 6.54 Å². The normalized spacial score (nSPS) is 11.8. The highest BCUT2D eigenvalue weighted by Gasteiger charge is 2.33. The summed E-state index contributed by atoms with van der Waals surface area (Å²) in [4.78, 5) is 2.02. The zero-order valence-electron chi connectivity index (χ0n) is 10.4. The summed E-state index contributed by atoms with van der Waals surface area (Å²) in [5.74, 6) is -2.85. The minimum atomic E-state index is -2.85. The third-order valence-corrected chi connectivity index (χ3v) is 2.94. The van der Waals surface area contributed by atoms with E-state index >= 15 is 0 Å². The standard InChI is InChI=1S/C13H18F2N2S/c1-2-17(9-8-12(16)18)10-13(14,15)11-6-4-3-5-7-11/h3-7H,2,8-10H2,1H3,(H2,16,18). The molecule has 0 heterocycles. The molecule has 0 unspecified atom stereocenters. The number of hydrogen-bond donors (Lipinski definition) is 1. The fourth-order valence-electron chi connectivity index (χ4n) is 1.67. The number of likely N-dealkylation sites (N-methyl/N-ethyl adjacent to an activating group) is 1. The zero-order valence-corrected chi connectivity index (χ0v) is 11.2. The number of nitrogens with two attached hydrogens (primary N) is 1. The van der Waals surface area contributed by atoms with Gasteiger partial charge in [-0.25, -0.2) is 0 Å². The topological polar surface area (TPSA) is 29.3 Å². The minimum Gasteiger partial charge on any atom is -0.393 e. The maximum atomic E-state index is 14.0. The first-order valence-corrected chi connectivity index (χ1v) is 6.30. The van der Waals surface area contributed by atoms with E-state index in [0.29, 0.717) is 24.5 Å². The molecule has 100 valence electrons. The summed E-state index contributed by atoms with van der Waals surface area (Å²) in [6.45, 7) is 2.55. The number of halogens is 2. The molecule has 0 aliphatic rings. The molecule has 0 amide bonds. The predicted molar refractivity (Wildman–Crippen MR) is 73.9 cm³/mol. The molecule has 0 atom stereocenters. The van der Waals surface area contributed by atoms with Crippen LogP contribution < -0.4 is 5.73 Å². The Bertz CT molecular complexity index is 382. The van der Waals surface area contributed by atoms with Gasteiger partial charge in [0, 0.05) is 18.5 Å². The Balaban J connectivity index is 2.65. The Morgan fingerprint density at radius 1 is 1.33 bits per heavy atom. The van der Waals surface area contributed by atoms with Crippen molar-refractivity contribution in [3.05, 3.63) is 35.9 Å². The number of rotatable bonds is 7. The Labute approximate surface area is 112 Å². The van der Waals surface area contributed by atoms with Gasteiger partial charge in [-0.15, -0.1) is 0 Å². The van der Waals surface area contributed by atoms with Crippen molar-refractivity contribution >= 4 is 17.2 Å². The van der Waals surface area contributed by atoms with Crippen LogP contribution in [0.25, 0.3) is 0 Å². The minimum absolute atomic E-state index is 0.0405. The molecule has 0 saturated carbocycles. The van der Waals surface area contributed by atoms with Crippen molar-refractivity contribution < 1.29 is 8.78 Å². The lowest BCUT2D eigenvalue weighted by molar-refractivity contribution is -0.0362. The van der Waals surface area contributed by atoms with Gasteiger partial charge in [-0.1, -0.05) is 49.5 Å². The summed E-state index contributed by atoms with van der Waals surface area (Å²) in [7, 11) is 0. The molecule has 0 fully saturated rings. The lowest BCUT2D eigenvalue weighted by Gasteiger charge is -2.26. The smallest absolute Gasteiger partial charge is 0.285 e. The second kappa shape index (κ2) is 6.75. The first-order chi connectivity index (χ1) is 8.45. The van der Waals surface area contributed by atoms with Gasteiger partial charge in [0.15, 0.2) is 0 Å². The molecule has 0 aliphatic heterocycles. The Morgan fingerprint density at radius 2 is 1.94 bits per heavy atom. The van der Waals surface area contributed by atoms with Crippen LogP contribution in [0.3, 0.4) is 0 Å². The summed E-state index contributed by atoms with van der Waals surface area (Å²) in [5, 5.41) is 0. The van der Waals surface area contributed by atoms with Crippen molar-refractivity contribution in [2.75, 3.05) is 19.6 Å². The van der Waals surface area contributed by atoms with Crippen molar-refractivity contribution in [1.82, 2.24) is 4.90 Å². The molecule has 2 nitrogen and oxygen atoms in total. The molecule has 0 saturated heterocycles. The third-order valence-electron chi connectivity index (χ3n) is 2.74. The van der Waals surface area contributed by atoms with Gasteiger partial charge in [-0.3, -0.25) is 4.90 Å².